The van der Waals surface area contributed by atoms with E-state index in [-0.39, 0.29) is 17.4 Å². The van der Waals surface area contributed by atoms with Crippen molar-refractivity contribution in [2.45, 2.75) is 31.6 Å². The van der Waals surface area contributed by atoms with Crippen LogP contribution in [0.15, 0.2) is 29.3 Å². The Morgan fingerprint density at radius 2 is 1.71 bits per heavy atom. The van der Waals surface area contributed by atoms with Crippen LogP contribution in [0.4, 0.5) is 5.69 Å². The molecule has 28 heavy (non-hydrogen) atoms. The molecule has 2 amide bonds. The number of hydrogen-bond acceptors (Lipinski definition) is 6. The summed E-state index contributed by atoms with van der Waals surface area (Å²) in [6, 6.07) is 6.34. The zero-order chi connectivity index (χ0) is 21.1. The van der Waals surface area contributed by atoms with E-state index in [1.807, 2.05) is 13.8 Å². The number of primary amides is 1. The molecule has 150 valence electrons. The summed E-state index contributed by atoms with van der Waals surface area (Å²) in [4.78, 5) is 28.4. The predicted octanol–water partition coefficient (Wildman–Crippen LogP) is 1.63. The molecule has 0 aliphatic carbocycles. The number of aryl methyl sites for hydroxylation is 1. The molecule has 10 heteroatoms. The predicted molar refractivity (Wildman–Crippen MR) is 110 cm³/mol. The minimum Gasteiger partial charge on any atom is -0.366 e. The van der Waals surface area contributed by atoms with Gasteiger partial charge in [-0.2, -0.15) is 0 Å². The number of nitrogens with two attached hydrogens (primary N) is 2. The molecular weight excluding hydrogens is 400 g/mol. The van der Waals surface area contributed by atoms with Crippen molar-refractivity contribution in [3.8, 4) is 0 Å². The quantitative estimate of drug-likeness (QED) is 0.578. The fourth-order valence-electron chi connectivity index (χ4n) is 2.55. The van der Waals surface area contributed by atoms with E-state index in [1.165, 1.54) is 0 Å². The van der Waals surface area contributed by atoms with Gasteiger partial charge < -0.3 is 11.1 Å². The van der Waals surface area contributed by atoms with E-state index in [0.717, 1.165) is 28.6 Å². The van der Waals surface area contributed by atoms with E-state index in [0.29, 0.717) is 21.8 Å². The molecule has 0 aliphatic rings. The highest BCUT2D eigenvalue weighted by Gasteiger charge is 2.18. The van der Waals surface area contributed by atoms with Gasteiger partial charge in [-0.3, -0.25) is 9.59 Å². The van der Waals surface area contributed by atoms with Crippen molar-refractivity contribution < 1.29 is 18.0 Å². The number of nitrogens with one attached hydrogen (secondary N) is 1. The van der Waals surface area contributed by atoms with E-state index in [9.17, 15) is 18.0 Å². The average Bonchev–Trinajstić information content (AvgIpc) is 2.58. The minimum absolute atomic E-state index is 0.0359. The largest absolute Gasteiger partial charge is 0.366 e. The highest BCUT2D eigenvalue weighted by atomic mass is 32.2. The minimum atomic E-state index is -3.61. The van der Waals surface area contributed by atoms with Crippen molar-refractivity contribution in [3.63, 3.8) is 0 Å². The lowest BCUT2D eigenvalue weighted by Gasteiger charge is -2.13. The monoisotopic (exact) mass is 422 g/mol. The first-order chi connectivity index (χ1) is 13.0. The third-order valence-corrected chi connectivity index (χ3v) is 5.87. The molecule has 8 nitrogen and oxygen atoms in total. The first-order valence-corrected chi connectivity index (χ1v) is 11.0. The fourth-order valence-corrected chi connectivity index (χ4v) is 4.15. The van der Waals surface area contributed by atoms with Crippen LogP contribution in [0.3, 0.4) is 0 Å². The number of primary sulfonamides is 1. The molecule has 1 heterocycles. The van der Waals surface area contributed by atoms with Crippen LogP contribution < -0.4 is 16.2 Å². The molecule has 5 N–H and O–H groups in total. The Balaban J connectivity index is 2.06. The topological polar surface area (TPSA) is 145 Å². The molecule has 0 aliphatic heterocycles. The van der Waals surface area contributed by atoms with E-state index in [1.54, 1.807) is 31.2 Å². The molecule has 2 rings (SSSR count). The maximum atomic E-state index is 12.2. The second-order valence-electron chi connectivity index (χ2n) is 6.33. The van der Waals surface area contributed by atoms with E-state index in [4.69, 9.17) is 10.9 Å². The lowest BCUT2D eigenvalue weighted by molar-refractivity contribution is -0.113. The van der Waals surface area contributed by atoms with Gasteiger partial charge >= 0.3 is 0 Å². The number of pyridine rings is 1. The number of benzene rings is 1. The summed E-state index contributed by atoms with van der Waals surface area (Å²) in [5.74, 6) is -1.11. The molecule has 0 unspecified atom stereocenters. The van der Waals surface area contributed by atoms with E-state index < -0.39 is 15.9 Å². The summed E-state index contributed by atoms with van der Waals surface area (Å²) in [7, 11) is -3.61. The number of nitrogens with zero attached hydrogens (tertiary/aromatic N) is 1. The number of rotatable bonds is 7. The normalized spacial score (nSPS) is 11.3. The number of sulfonamides is 1. The number of anilines is 1. The maximum absolute atomic E-state index is 12.2. The molecule has 0 saturated heterocycles. The third kappa shape index (κ3) is 5.78. The van der Waals surface area contributed by atoms with Crippen LogP contribution in [0.5, 0.6) is 0 Å². The van der Waals surface area contributed by atoms with Gasteiger partial charge in [0.25, 0.3) is 5.91 Å². The Kier molecular flexibility index (Phi) is 6.81. The Morgan fingerprint density at radius 3 is 2.25 bits per heavy atom. The Labute approximate surface area is 168 Å². The molecule has 1 aromatic carbocycles. The second-order valence-corrected chi connectivity index (χ2v) is 8.91. The van der Waals surface area contributed by atoms with Crippen LogP contribution in [0.2, 0.25) is 0 Å². The van der Waals surface area contributed by atoms with Gasteiger partial charge in [-0.1, -0.05) is 23.9 Å². The third-order valence-electron chi connectivity index (χ3n) is 4.16. The van der Waals surface area contributed by atoms with E-state index in [2.05, 4.69) is 10.3 Å². The molecule has 0 fully saturated rings. The number of thioether (sulfide) groups is 1. The number of aromatic nitrogens is 1. The summed E-state index contributed by atoms with van der Waals surface area (Å²) < 4.78 is 22.2. The smallest absolute Gasteiger partial charge is 0.251 e. The summed E-state index contributed by atoms with van der Waals surface area (Å²) >= 11 is 1.13. The number of carbonyl (C=O) groups excluding carboxylic acids is 2. The zero-order valence-corrected chi connectivity index (χ0v) is 17.4. The zero-order valence-electron chi connectivity index (χ0n) is 15.8. The van der Waals surface area contributed by atoms with Crippen molar-refractivity contribution in [1.82, 2.24) is 4.98 Å². The van der Waals surface area contributed by atoms with Crippen LogP contribution in [-0.2, 0) is 20.6 Å². The number of carbonyl (C=O) groups is 2. The lowest BCUT2D eigenvalue weighted by atomic mass is 10.0. The standard InChI is InChI=1S/C18H22N4O4S2/c1-10-11(2)16(17(19)24)18(21-12(10)3)27-8-15(23)22-14-6-4-13(5-7-14)9-28(20,25)26/h4-7H,8-9H2,1-3H3,(H2,19,24)(H,22,23)(H2,20,25,26). The highest BCUT2D eigenvalue weighted by Crippen LogP contribution is 2.27. The van der Waals surface area contributed by atoms with Gasteiger partial charge in [0.05, 0.1) is 17.1 Å². The van der Waals surface area contributed by atoms with E-state index >= 15 is 0 Å². The van der Waals surface area contributed by atoms with Gasteiger partial charge in [-0.25, -0.2) is 18.5 Å². The Morgan fingerprint density at radius 1 is 1.11 bits per heavy atom. The summed E-state index contributed by atoms with van der Waals surface area (Å²) in [5.41, 5.74) is 9.27. The molecule has 0 saturated carbocycles. The summed E-state index contributed by atoms with van der Waals surface area (Å²) in [6.07, 6.45) is 0. The Hall–Kier alpha value is -2.43. The SMILES string of the molecule is Cc1nc(SCC(=O)Nc2ccc(CS(N)(=O)=O)cc2)c(C(N)=O)c(C)c1C. The maximum Gasteiger partial charge on any atom is 0.251 e. The summed E-state index contributed by atoms with van der Waals surface area (Å²) in [5, 5.41) is 8.14. The molecule has 1 aromatic heterocycles. The molecule has 0 radical (unpaired) electrons. The van der Waals surface area contributed by atoms with Gasteiger partial charge in [0.15, 0.2) is 0 Å². The van der Waals surface area contributed by atoms with Crippen LogP contribution >= 0.6 is 11.8 Å². The van der Waals surface area contributed by atoms with Crippen molar-refractivity contribution in [2.24, 2.45) is 10.9 Å². The molecule has 0 spiro atoms. The number of hydrogen-bond donors (Lipinski definition) is 3. The first kappa shape index (κ1) is 21.9. The van der Waals surface area contributed by atoms with Crippen molar-refractivity contribution in [2.75, 3.05) is 11.1 Å². The highest BCUT2D eigenvalue weighted by molar-refractivity contribution is 8.00. The molecule has 0 bridgehead atoms. The number of amides is 2. The summed E-state index contributed by atoms with van der Waals surface area (Å²) in [6.45, 7) is 5.50. The van der Waals surface area contributed by atoms with Crippen LogP contribution in [0, 0.1) is 20.8 Å². The Bertz CT molecular complexity index is 1020. The van der Waals surface area contributed by atoms with Crippen molar-refractivity contribution in [3.05, 3.63) is 52.2 Å². The van der Waals surface area contributed by atoms with Crippen LogP contribution in [0.1, 0.15) is 32.7 Å². The molecule has 2 aromatic rings. The van der Waals surface area contributed by atoms with Crippen molar-refractivity contribution >= 4 is 39.3 Å². The molecular formula is C18H22N4O4S2. The van der Waals surface area contributed by atoms with Crippen LogP contribution in [-0.4, -0.2) is 31.0 Å². The first-order valence-electron chi connectivity index (χ1n) is 8.27. The van der Waals surface area contributed by atoms with Gasteiger partial charge in [-0.15, -0.1) is 0 Å². The fraction of sp³-hybridized carbons (Fsp3) is 0.278. The van der Waals surface area contributed by atoms with Gasteiger partial charge in [0.2, 0.25) is 15.9 Å². The average molecular weight is 423 g/mol. The van der Waals surface area contributed by atoms with Gasteiger partial charge in [0.1, 0.15) is 5.03 Å². The second kappa shape index (κ2) is 8.72. The van der Waals surface area contributed by atoms with Gasteiger partial charge in [-0.05, 0) is 49.6 Å². The van der Waals surface area contributed by atoms with Crippen LogP contribution in [0.25, 0.3) is 0 Å². The lowest BCUT2D eigenvalue weighted by Crippen LogP contribution is -2.18. The molecule has 0 atom stereocenters. The van der Waals surface area contributed by atoms with Gasteiger partial charge in [0, 0.05) is 11.4 Å². The van der Waals surface area contributed by atoms with Crippen molar-refractivity contribution in [1.29, 1.82) is 0 Å².